The van der Waals surface area contributed by atoms with E-state index < -0.39 is 17.6 Å². The first-order valence-corrected chi connectivity index (χ1v) is 6.85. The van der Waals surface area contributed by atoms with E-state index in [-0.39, 0.29) is 12.0 Å². The lowest BCUT2D eigenvalue weighted by molar-refractivity contribution is -0.140. The quantitative estimate of drug-likeness (QED) is 0.747. The molecule has 0 spiro atoms. The molecule has 1 N–H and O–H groups in total. The van der Waals surface area contributed by atoms with E-state index >= 15 is 0 Å². The van der Waals surface area contributed by atoms with Gasteiger partial charge in [0, 0.05) is 6.04 Å². The third-order valence-corrected chi connectivity index (χ3v) is 3.32. The third-order valence-electron chi connectivity index (χ3n) is 3.32. The summed E-state index contributed by atoms with van der Waals surface area (Å²) in [4.78, 5) is 0. The second kappa shape index (κ2) is 7.07. The second-order valence-electron chi connectivity index (χ2n) is 5.23. The average Bonchev–Trinajstić information content (AvgIpc) is 2.34. The first kappa shape index (κ1) is 17.0. The van der Waals surface area contributed by atoms with Crippen LogP contribution >= 0.6 is 0 Å². The van der Waals surface area contributed by atoms with Crippen LogP contribution in [0.2, 0.25) is 0 Å². The van der Waals surface area contributed by atoms with Gasteiger partial charge in [-0.1, -0.05) is 19.9 Å². The molecular formula is C15H21F4N. The number of benzene rings is 1. The number of hydrogen-bond acceptors (Lipinski definition) is 1. The van der Waals surface area contributed by atoms with Crippen LogP contribution in [-0.4, -0.2) is 12.6 Å². The van der Waals surface area contributed by atoms with Crippen LogP contribution in [0.4, 0.5) is 17.6 Å². The van der Waals surface area contributed by atoms with Gasteiger partial charge in [-0.2, -0.15) is 13.2 Å². The fourth-order valence-corrected chi connectivity index (χ4v) is 2.21. The normalized spacial score (nSPS) is 15.2. The van der Waals surface area contributed by atoms with Gasteiger partial charge in [0.25, 0.3) is 0 Å². The zero-order valence-corrected chi connectivity index (χ0v) is 12.0. The molecule has 0 aliphatic rings. The molecule has 0 aliphatic carbocycles. The van der Waals surface area contributed by atoms with Gasteiger partial charge in [-0.15, -0.1) is 0 Å². The Kier molecular flexibility index (Phi) is 5.99. The number of rotatable bonds is 6. The van der Waals surface area contributed by atoms with Crippen LogP contribution in [0.15, 0.2) is 18.2 Å². The maximum absolute atomic E-state index is 13.5. The van der Waals surface area contributed by atoms with Crippen molar-refractivity contribution in [2.45, 2.75) is 51.7 Å². The summed E-state index contributed by atoms with van der Waals surface area (Å²) < 4.78 is 51.0. The maximum Gasteiger partial charge on any atom is 0.419 e. The molecule has 5 heteroatoms. The van der Waals surface area contributed by atoms with E-state index in [0.717, 1.165) is 31.5 Å². The van der Waals surface area contributed by atoms with Crippen LogP contribution in [0.3, 0.4) is 0 Å². The predicted molar refractivity (Wildman–Crippen MR) is 72.2 cm³/mol. The van der Waals surface area contributed by atoms with Gasteiger partial charge >= 0.3 is 6.18 Å². The fourth-order valence-electron chi connectivity index (χ4n) is 2.21. The highest BCUT2D eigenvalue weighted by atomic mass is 19.4. The molecular weight excluding hydrogens is 270 g/mol. The van der Waals surface area contributed by atoms with Crippen molar-refractivity contribution in [2.24, 2.45) is 0 Å². The lowest BCUT2D eigenvalue weighted by Crippen LogP contribution is -2.28. The molecule has 0 fully saturated rings. The van der Waals surface area contributed by atoms with Gasteiger partial charge in [0.15, 0.2) is 0 Å². The maximum atomic E-state index is 13.5. The molecule has 0 aromatic heterocycles. The summed E-state index contributed by atoms with van der Waals surface area (Å²) in [5.41, 5.74) is -0.605. The molecule has 0 heterocycles. The Hall–Kier alpha value is -1.10. The van der Waals surface area contributed by atoms with Gasteiger partial charge in [-0.25, -0.2) is 4.39 Å². The number of hydrogen-bond donors (Lipinski definition) is 1. The molecule has 0 radical (unpaired) electrons. The van der Waals surface area contributed by atoms with Crippen molar-refractivity contribution in [1.82, 2.24) is 5.32 Å². The van der Waals surface area contributed by atoms with E-state index in [1.54, 1.807) is 0 Å². The van der Waals surface area contributed by atoms with Crippen molar-refractivity contribution in [3.8, 4) is 0 Å². The van der Waals surface area contributed by atoms with Crippen molar-refractivity contribution >= 4 is 0 Å². The smallest absolute Gasteiger partial charge is 0.314 e. The van der Waals surface area contributed by atoms with Gasteiger partial charge in [0.2, 0.25) is 0 Å². The SMILES string of the molecule is CCCNC(C)CC(C)c1ccc(C(F)(F)F)c(F)c1. The topological polar surface area (TPSA) is 12.0 Å². The number of nitrogens with one attached hydrogen (secondary N) is 1. The minimum atomic E-state index is -4.64. The van der Waals surface area contributed by atoms with E-state index in [0.29, 0.717) is 5.56 Å². The Morgan fingerprint density at radius 2 is 1.85 bits per heavy atom. The second-order valence-corrected chi connectivity index (χ2v) is 5.23. The lowest BCUT2D eigenvalue weighted by Gasteiger charge is -2.19. The highest BCUT2D eigenvalue weighted by Gasteiger charge is 2.34. The van der Waals surface area contributed by atoms with E-state index in [1.807, 2.05) is 13.8 Å². The summed E-state index contributed by atoms with van der Waals surface area (Å²) in [6, 6.07) is 3.43. The summed E-state index contributed by atoms with van der Waals surface area (Å²) in [5.74, 6) is -1.19. The Morgan fingerprint density at radius 1 is 1.20 bits per heavy atom. The Bertz CT molecular complexity index is 428. The van der Waals surface area contributed by atoms with Gasteiger partial charge in [0.05, 0.1) is 5.56 Å². The third kappa shape index (κ3) is 4.78. The highest BCUT2D eigenvalue weighted by Crippen LogP contribution is 2.33. The van der Waals surface area contributed by atoms with Crippen LogP contribution in [0.1, 0.15) is 50.7 Å². The summed E-state index contributed by atoms with van der Waals surface area (Å²) in [6.07, 6.45) is -2.86. The number of halogens is 4. The Labute approximate surface area is 117 Å². The summed E-state index contributed by atoms with van der Waals surface area (Å²) in [7, 11) is 0. The Morgan fingerprint density at radius 3 is 2.35 bits per heavy atom. The highest BCUT2D eigenvalue weighted by molar-refractivity contribution is 5.28. The molecule has 1 aromatic rings. The van der Waals surface area contributed by atoms with Crippen molar-refractivity contribution in [2.75, 3.05) is 6.54 Å². The van der Waals surface area contributed by atoms with Crippen molar-refractivity contribution in [3.63, 3.8) is 0 Å². The first-order chi connectivity index (χ1) is 9.25. The summed E-state index contributed by atoms with van der Waals surface area (Å²) in [5, 5.41) is 3.31. The van der Waals surface area contributed by atoms with Crippen molar-refractivity contribution in [3.05, 3.63) is 35.1 Å². The van der Waals surface area contributed by atoms with Crippen LogP contribution in [0.5, 0.6) is 0 Å². The molecule has 0 amide bonds. The standard InChI is InChI=1S/C15H21F4N/c1-4-7-20-11(3)8-10(2)12-5-6-13(14(16)9-12)15(17,18)19/h5-6,9-11,20H,4,7-8H2,1-3H3. The molecule has 0 saturated carbocycles. The van der Waals surface area contributed by atoms with Crippen LogP contribution < -0.4 is 5.32 Å². The monoisotopic (exact) mass is 291 g/mol. The van der Waals surface area contributed by atoms with E-state index in [9.17, 15) is 17.6 Å². The molecule has 114 valence electrons. The van der Waals surface area contributed by atoms with Gasteiger partial charge in [-0.3, -0.25) is 0 Å². The molecule has 0 aliphatic heterocycles. The molecule has 0 saturated heterocycles. The van der Waals surface area contributed by atoms with Gasteiger partial charge < -0.3 is 5.32 Å². The lowest BCUT2D eigenvalue weighted by atomic mass is 9.93. The predicted octanol–water partition coefficient (Wildman–Crippen LogP) is 4.73. The molecule has 1 rings (SSSR count). The zero-order chi connectivity index (χ0) is 15.3. The summed E-state index contributed by atoms with van der Waals surface area (Å²) >= 11 is 0. The average molecular weight is 291 g/mol. The molecule has 2 atom stereocenters. The zero-order valence-electron chi connectivity index (χ0n) is 12.0. The van der Waals surface area contributed by atoms with Crippen LogP contribution in [-0.2, 0) is 6.18 Å². The van der Waals surface area contributed by atoms with E-state index in [2.05, 4.69) is 12.2 Å². The van der Waals surface area contributed by atoms with Crippen molar-refractivity contribution < 1.29 is 17.6 Å². The minimum absolute atomic E-state index is 0.00568. The van der Waals surface area contributed by atoms with Crippen LogP contribution in [0, 0.1) is 5.82 Å². The first-order valence-electron chi connectivity index (χ1n) is 6.85. The molecule has 2 unspecified atom stereocenters. The van der Waals surface area contributed by atoms with E-state index in [4.69, 9.17) is 0 Å². The number of alkyl halides is 3. The van der Waals surface area contributed by atoms with Crippen molar-refractivity contribution in [1.29, 1.82) is 0 Å². The molecule has 1 nitrogen and oxygen atoms in total. The Balaban J connectivity index is 2.75. The van der Waals surface area contributed by atoms with Gasteiger partial charge in [0.1, 0.15) is 5.82 Å². The molecule has 1 aromatic carbocycles. The van der Waals surface area contributed by atoms with E-state index in [1.165, 1.54) is 6.07 Å². The molecule has 0 bridgehead atoms. The largest absolute Gasteiger partial charge is 0.419 e. The summed E-state index contributed by atoms with van der Waals surface area (Å²) in [6.45, 7) is 6.88. The minimum Gasteiger partial charge on any atom is -0.314 e. The van der Waals surface area contributed by atoms with Gasteiger partial charge in [-0.05, 0) is 49.9 Å². The molecule has 20 heavy (non-hydrogen) atoms. The fraction of sp³-hybridized carbons (Fsp3) is 0.600. The van der Waals surface area contributed by atoms with Crippen LogP contribution in [0.25, 0.3) is 0 Å².